The molecule has 4 rings (SSSR count). The lowest BCUT2D eigenvalue weighted by atomic mass is 9.89. The Labute approximate surface area is 141 Å². The first-order valence-corrected chi connectivity index (χ1v) is 7.77. The van der Waals surface area contributed by atoms with Crippen molar-refractivity contribution in [2.45, 2.75) is 18.9 Å². The third kappa shape index (κ3) is 2.82. The summed E-state index contributed by atoms with van der Waals surface area (Å²) < 4.78 is 13.4. The van der Waals surface area contributed by atoms with Gasteiger partial charge in [0.05, 0.1) is 18.2 Å². The molecule has 0 saturated heterocycles. The second-order valence-corrected chi connectivity index (χ2v) is 5.83. The van der Waals surface area contributed by atoms with Crippen LogP contribution in [0.2, 0.25) is 0 Å². The van der Waals surface area contributed by atoms with E-state index < -0.39 is 11.7 Å². The van der Waals surface area contributed by atoms with E-state index in [4.69, 9.17) is 0 Å². The molecule has 1 unspecified atom stereocenters. The van der Waals surface area contributed by atoms with Gasteiger partial charge in [0.1, 0.15) is 5.82 Å². The molecule has 1 aromatic carbocycles. The second-order valence-electron chi connectivity index (χ2n) is 5.83. The molecular formula is C17H14FN5O2. The molecule has 3 aromatic rings. The normalized spacial score (nSPS) is 16.4. The SMILES string of the molecule is O=C1CC(C(=O)NCc2[nH]nc3ncccc23)c2ccc(F)cc2N1. The molecule has 0 radical (unpaired) electrons. The Morgan fingerprint density at radius 1 is 1.36 bits per heavy atom. The molecule has 0 bridgehead atoms. The van der Waals surface area contributed by atoms with Gasteiger partial charge in [-0.25, -0.2) is 9.37 Å². The molecule has 3 N–H and O–H groups in total. The number of benzene rings is 1. The first-order chi connectivity index (χ1) is 12.1. The van der Waals surface area contributed by atoms with E-state index in [1.165, 1.54) is 18.2 Å². The number of nitrogens with zero attached hydrogens (tertiary/aromatic N) is 2. The molecule has 8 heteroatoms. The van der Waals surface area contributed by atoms with Crippen molar-refractivity contribution in [3.8, 4) is 0 Å². The Hall–Kier alpha value is -3.29. The lowest BCUT2D eigenvalue weighted by Crippen LogP contribution is -2.34. The summed E-state index contributed by atoms with van der Waals surface area (Å²) in [5, 5.41) is 13.2. The van der Waals surface area contributed by atoms with Crippen LogP contribution < -0.4 is 10.6 Å². The zero-order chi connectivity index (χ0) is 17.4. The summed E-state index contributed by atoms with van der Waals surface area (Å²) in [6, 6.07) is 7.69. The summed E-state index contributed by atoms with van der Waals surface area (Å²) in [5.41, 5.74) is 2.25. The molecule has 0 saturated carbocycles. The molecule has 0 aliphatic carbocycles. The number of carbonyl (C=O) groups excluding carboxylic acids is 2. The molecular weight excluding hydrogens is 325 g/mol. The molecule has 2 amide bonds. The third-order valence-corrected chi connectivity index (χ3v) is 4.22. The maximum atomic E-state index is 13.4. The topological polar surface area (TPSA) is 99.8 Å². The number of hydrogen-bond acceptors (Lipinski definition) is 4. The van der Waals surface area contributed by atoms with Gasteiger partial charge in [-0.15, -0.1) is 0 Å². The Bertz CT molecular complexity index is 984. The third-order valence-electron chi connectivity index (χ3n) is 4.22. The fraction of sp³-hybridized carbons (Fsp3) is 0.176. The number of fused-ring (bicyclic) bond motifs is 2. The number of aromatic nitrogens is 3. The molecule has 1 aliphatic rings. The number of nitrogens with one attached hydrogen (secondary N) is 3. The number of amides is 2. The maximum absolute atomic E-state index is 13.4. The number of H-pyrrole nitrogens is 1. The van der Waals surface area contributed by atoms with Crippen LogP contribution in [0.25, 0.3) is 11.0 Å². The van der Waals surface area contributed by atoms with Crippen molar-refractivity contribution in [3.05, 3.63) is 53.6 Å². The van der Waals surface area contributed by atoms with Crippen LogP contribution in [-0.4, -0.2) is 27.0 Å². The molecule has 0 spiro atoms. The molecule has 0 fully saturated rings. The van der Waals surface area contributed by atoms with Gasteiger partial charge in [-0.05, 0) is 29.8 Å². The van der Waals surface area contributed by atoms with Crippen molar-refractivity contribution in [1.82, 2.24) is 20.5 Å². The van der Waals surface area contributed by atoms with Gasteiger partial charge in [0.25, 0.3) is 0 Å². The summed E-state index contributed by atoms with van der Waals surface area (Å²) in [6.45, 7) is 0.232. The number of rotatable bonds is 3. The Morgan fingerprint density at radius 2 is 2.24 bits per heavy atom. The first-order valence-electron chi connectivity index (χ1n) is 7.77. The van der Waals surface area contributed by atoms with Crippen molar-refractivity contribution in [1.29, 1.82) is 0 Å². The lowest BCUT2D eigenvalue weighted by molar-refractivity contribution is -0.126. The van der Waals surface area contributed by atoms with E-state index in [-0.39, 0.29) is 24.8 Å². The largest absolute Gasteiger partial charge is 0.350 e. The molecule has 1 aliphatic heterocycles. The summed E-state index contributed by atoms with van der Waals surface area (Å²) in [4.78, 5) is 28.5. The monoisotopic (exact) mass is 339 g/mol. The Morgan fingerprint density at radius 3 is 3.12 bits per heavy atom. The van der Waals surface area contributed by atoms with Gasteiger partial charge in [0, 0.05) is 23.7 Å². The predicted octanol–water partition coefficient (Wildman–Crippen LogP) is 1.84. The minimum Gasteiger partial charge on any atom is -0.350 e. The van der Waals surface area contributed by atoms with Gasteiger partial charge >= 0.3 is 0 Å². The molecule has 7 nitrogen and oxygen atoms in total. The molecule has 1 atom stereocenters. The van der Waals surface area contributed by atoms with E-state index in [2.05, 4.69) is 25.8 Å². The highest BCUT2D eigenvalue weighted by atomic mass is 19.1. The molecule has 2 aromatic heterocycles. The first kappa shape index (κ1) is 15.3. The quantitative estimate of drug-likeness (QED) is 0.678. The van der Waals surface area contributed by atoms with Crippen LogP contribution in [-0.2, 0) is 16.1 Å². The number of aromatic amines is 1. The fourth-order valence-electron chi connectivity index (χ4n) is 3.01. The number of hydrogen-bond donors (Lipinski definition) is 3. The average molecular weight is 339 g/mol. The van der Waals surface area contributed by atoms with Crippen LogP contribution >= 0.6 is 0 Å². The maximum Gasteiger partial charge on any atom is 0.228 e. The Kier molecular flexibility index (Phi) is 3.64. The summed E-state index contributed by atoms with van der Waals surface area (Å²) in [5.74, 6) is -1.73. The van der Waals surface area contributed by atoms with Crippen molar-refractivity contribution in [3.63, 3.8) is 0 Å². The Balaban J connectivity index is 1.54. The van der Waals surface area contributed by atoms with Gasteiger partial charge in [-0.1, -0.05) is 6.07 Å². The van der Waals surface area contributed by atoms with Gasteiger partial charge < -0.3 is 10.6 Å². The van der Waals surface area contributed by atoms with Crippen molar-refractivity contribution >= 4 is 28.5 Å². The van der Waals surface area contributed by atoms with Crippen LogP contribution in [0, 0.1) is 5.82 Å². The summed E-state index contributed by atoms with van der Waals surface area (Å²) in [7, 11) is 0. The highest BCUT2D eigenvalue weighted by Crippen LogP contribution is 2.32. The van der Waals surface area contributed by atoms with Gasteiger partial charge in [0.2, 0.25) is 11.8 Å². The number of carbonyl (C=O) groups is 2. The van der Waals surface area contributed by atoms with Crippen molar-refractivity contribution in [2.24, 2.45) is 0 Å². The van der Waals surface area contributed by atoms with E-state index in [0.717, 1.165) is 11.1 Å². The highest BCUT2D eigenvalue weighted by Gasteiger charge is 2.30. The van der Waals surface area contributed by atoms with E-state index in [0.29, 0.717) is 16.9 Å². The van der Waals surface area contributed by atoms with Crippen LogP contribution in [0.15, 0.2) is 36.5 Å². The van der Waals surface area contributed by atoms with E-state index in [1.807, 2.05) is 6.07 Å². The smallest absolute Gasteiger partial charge is 0.228 e. The number of pyridine rings is 1. The zero-order valence-electron chi connectivity index (χ0n) is 13.0. The summed E-state index contributed by atoms with van der Waals surface area (Å²) >= 11 is 0. The van der Waals surface area contributed by atoms with Gasteiger partial charge in [0.15, 0.2) is 5.65 Å². The van der Waals surface area contributed by atoms with Crippen molar-refractivity contribution < 1.29 is 14.0 Å². The van der Waals surface area contributed by atoms with E-state index in [1.54, 1.807) is 12.3 Å². The van der Waals surface area contributed by atoms with Crippen LogP contribution in [0.4, 0.5) is 10.1 Å². The minimum absolute atomic E-state index is 0.0236. The minimum atomic E-state index is -0.656. The summed E-state index contributed by atoms with van der Waals surface area (Å²) in [6.07, 6.45) is 1.66. The van der Waals surface area contributed by atoms with E-state index in [9.17, 15) is 14.0 Å². The zero-order valence-corrected chi connectivity index (χ0v) is 13.0. The number of halogens is 1. The van der Waals surface area contributed by atoms with E-state index >= 15 is 0 Å². The molecule has 126 valence electrons. The molecule has 25 heavy (non-hydrogen) atoms. The average Bonchev–Trinajstić information content (AvgIpc) is 3.01. The number of anilines is 1. The predicted molar refractivity (Wildman–Crippen MR) is 88.1 cm³/mol. The standard InChI is InChI=1S/C17H14FN5O2/c18-9-3-4-10-12(7-15(24)21-13(10)6-9)17(25)20-8-14-11-2-1-5-19-16(11)23-22-14/h1-6,12H,7-8H2,(H,20,25)(H,21,24)(H,19,22,23). The van der Waals surface area contributed by atoms with Gasteiger partial charge in [-0.2, -0.15) is 5.10 Å². The van der Waals surface area contributed by atoms with Gasteiger partial charge in [-0.3, -0.25) is 14.7 Å². The van der Waals surface area contributed by atoms with Crippen LogP contribution in [0.1, 0.15) is 23.6 Å². The molecule has 3 heterocycles. The second kappa shape index (κ2) is 5.97. The fourth-order valence-corrected chi connectivity index (χ4v) is 3.01. The van der Waals surface area contributed by atoms with Crippen molar-refractivity contribution in [2.75, 3.05) is 5.32 Å². The van der Waals surface area contributed by atoms with Crippen LogP contribution in [0.3, 0.4) is 0 Å². The highest BCUT2D eigenvalue weighted by molar-refractivity contribution is 6.01. The van der Waals surface area contributed by atoms with Crippen LogP contribution in [0.5, 0.6) is 0 Å². The lowest BCUT2D eigenvalue weighted by Gasteiger charge is -2.24.